The van der Waals surface area contributed by atoms with Gasteiger partial charge >= 0.3 is 0 Å². The predicted octanol–water partition coefficient (Wildman–Crippen LogP) is 1.80. The lowest BCUT2D eigenvalue weighted by atomic mass is 10.4. The number of rotatable bonds is 4. The highest BCUT2D eigenvalue weighted by Gasteiger charge is 2.08. The zero-order valence-electron chi connectivity index (χ0n) is 7.75. The smallest absolute Gasteiger partial charge is 0.111 e. The second-order valence-corrected chi connectivity index (χ2v) is 3.08. The molecule has 1 saturated heterocycles. The van der Waals surface area contributed by atoms with Crippen molar-refractivity contribution in [2.45, 2.75) is 12.8 Å². The third-order valence-corrected chi connectivity index (χ3v) is 2.13. The van der Waals surface area contributed by atoms with E-state index in [9.17, 15) is 0 Å². The topological polar surface area (TPSA) is 12.5 Å². The van der Waals surface area contributed by atoms with Crippen LogP contribution in [-0.4, -0.2) is 31.6 Å². The second-order valence-electron chi connectivity index (χ2n) is 3.08. The summed E-state index contributed by atoms with van der Waals surface area (Å²) < 4.78 is 4.92. The molecule has 0 amide bonds. The lowest BCUT2D eigenvalue weighted by Crippen LogP contribution is -2.18. The molecule has 0 aromatic rings. The summed E-state index contributed by atoms with van der Waals surface area (Å²) in [7, 11) is 1.64. The first kappa shape index (κ1) is 9.33. The maximum Gasteiger partial charge on any atom is 0.111 e. The first-order chi connectivity index (χ1) is 5.83. The van der Waals surface area contributed by atoms with E-state index in [1.807, 2.05) is 6.08 Å². The predicted molar refractivity (Wildman–Crippen MR) is 51.0 cm³/mol. The van der Waals surface area contributed by atoms with Crippen LogP contribution in [0.25, 0.3) is 0 Å². The van der Waals surface area contributed by atoms with E-state index in [1.165, 1.54) is 25.9 Å². The second kappa shape index (κ2) is 4.99. The van der Waals surface area contributed by atoms with Crippen molar-refractivity contribution >= 4 is 0 Å². The molecule has 1 fully saturated rings. The van der Waals surface area contributed by atoms with Gasteiger partial charge in [0, 0.05) is 6.54 Å². The van der Waals surface area contributed by atoms with Gasteiger partial charge in [-0.25, -0.2) is 0 Å². The molecule has 0 bridgehead atoms. The van der Waals surface area contributed by atoms with E-state index in [2.05, 4.69) is 17.6 Å². The van der Waals surface area contributed by atoms with Crippen molar-refractivity contribution in [3.8, 4) is 0 Å². The van der Waals surface area contributed by atoms with Gasteiger partial charge in [-0.05, 0) is 32.0 Å². The average Bonchev–Trinajstić information content (AvgIpc) is 2.57. The largest absolute Gasteiger partial charge is 0.497 e. The number of hydrogen-bond acceptors (Lipinski definition) is 2. The van der Waals surface area contributed by atoms with Crippen LogP contribution in [-0.2, 0) is 4.74 Å². The average molecular weight is 167 g/mol. The SMILES string of the molecule is C=C(/C=C/CN1CCCC1)OC. The molecule has 0 aromatic carbocycles. The van der Waals surface area contributed by atoms with Gasteiger partial charge in [0.2, 0.25) is 0 Å². The first-order valence-corrected chi connectivity index (χ1v) is 4.44. The number of hydrogen-bond donors (Lipinski definition) is 0. The van der Waals surface area contributed by atoms with Crippen LogP contribution in [0.3, 0.4) is 0 Å². The number of methoxy groups -OCH3 is 1. The molecule has 1 aliphatic rings. The van der Waals surface area contributed by atoms with Gasteiger partial charge in [0.15, 0.2) is 0 Å². The summed E-state index contributed by atoms with van der Waals surface area (Å²) in [4.78, 5) is 2.43. The van der Waals surface area contributed by atoms with Crippen LogP contribution >= 0.6 is 0 Å². The van der Waals surface area contributed by atoms with E-state index in [1.54, 1.807) is 7.11 Å². The molecule has 2 nitrogen and oxygen atoms in total. The van der Waals surface area contributed by atoms with E-state index in [4.69, 9.17) is 4.74 Å². The van der Waals surface area contributed by atoms with Crippen LogP contribution in [0, 0.1) is 0 Å². The number of ether oxygens (including phenoxy) is 1. The van der Waals surface area contributed by atoms with Gasteiger partial charge in [0.1, 0.15) is 5.76 Å². The zero-order chi connectivity index (χ0) is 8.81. The summed E-state index contributed by atoms with van der Waals surface area (Å²) >= 11 is 0. The van der Waals surface area contributed by atoms with Crippen molar-refractivity contribution in [2.24, 2.45) is 0 Å². The van der Waals surface area contributed by atoms with E-state index in [0.29, 0.717) is 0 Å². The van der Waals surface area contributed by atoms with E-state index < -0.39 is 0 Å². The van der Waals surface area contributed by atoms with Crippen LogP contribution in [0.5, 0.6) is 0 Å². The summed E-state index contributed by atoms with van der Waals surface area (Å²) in [5, 5.41) is 0. The Hall–Kier alpha value is -0.760. The lowest BCUT2D eigenvalue weighted by molar-refractivity contribution is 0.308. The molecular weight excluding hydrogens is 150 g/mol. The van der Waals surface area contributed by atoms with Crippen LogP contribution in [0.2, 0.25) is 0 Å². The lowest BCUT2D eigenvalue weighted by Gasteiger charge is -2.10. The summed E-state index contributed by atoms with van der Waals surface area (Å²) in [6.45, 7) is 7.22. The molecule has 2 heteroatoms. The number of nitrogens with zero attached hydrogens (tertiary/aromatic N) is 1. The molecule has 0 aliphatic carbocycles. The fourth-order valence-corrected chi connectivity index (χ4v) is 1.37. The maximum absolute atomic E-state index is 4.92. The maximum atomic E-state index is 4.92. The molecule has 0 saturated carbocycles. The van der Waals surface area contributed by atoms with Gasteiger partial charge in [0.05, 0.1) is 7.11 Å². The molecule has 1 aliphatic heterocycles. The number of allylic oxidation sites excluding steroid dienone is 1. The van der Waals surface area contributed by atoms with Crippen molar-refractivity contribution in [3.63, 3.8) is 0 Å². The van der Waals surface area contributed by atoms with Crippen LogP contribution < -0.4 is 0 Å². The third kappa shape index (κ3) is 3.09. The first-order valence-electron chi connectivity index (χ1n) is 4.44. The highest BCUT2D eigenvalue weighted by Crippen LogP contribution is 2.06. The molecule has 0 atom stereocenters. The molecule has 0 unspecified atom stereocenters. The minimum atomic E-state index is 0.731. The highest BCUT2D eigenvalue weighted by atomic mass is 16.5. The van der Waals surface area contributed by atoms with Gasteiger partial charge in [-0.2, -0.15) is 0 Å². The Bertz CT molecular complexity index is 169. The highest BCUT2D eigenvalue weighted by molar-refractivity contribution is 5.07. The van der Waals surface area contributed by atoms with Crippen LogP contribution in [0.1, 0.15) is 12.8 Å². The standard InChI is InChI=1S/C10H17NO/c1-10(12-2)6-5-9-11-7-3-4-8-11/h5-6H,1,3-4,7-9H2,2H3/b6-5+. The monoisotopic (exact) mass is 167 g/mol. The van der Waals surface area contributed by atoms with Crippen molar-refractivity contribution in [2.75, 3.05) is 26.7 Å². The van der Waals surface area contributed by atoms with Crippen LogP contribution in [0.4, 0.5) is 0 Å². The molecule has 0 N–H and O–H groups in total. The summed E-state index contributed by atoms with van der Waals surface area (Å²) in [6.07, 6.45) is 6.73. The third-order valence-electron chi connectivity index (χ3n) is 2.13. The van der Waals surface area contributed by atoms with Gasteiger partial charge in [-0.1, -0.05) is 12.7 Å². The Labute approximate surface area is 74.5 Å². The van der Waals surface area contributed by atoms with E-state index >= 15 is 0 Å². The Morgan fingerprint density at radius 3 is 2.75 bits per heavy atom. The van der Waals surface area contributed by atoms with E-state index in [-0.39, 0.29) is 0 Å². The molecule has 68 valence electrons. The van der Waals surface area contributed by atoms with Gasteiger partial charge in [-0.15, -0.1) is 0 Å². The summed E-state index contributed by atoms with van der Waals surface area (Å²) in [5.41, 5.74) is 0. The van der Waals surface area contributed by atoms with Gasteiger partial charge in [0.25, 0.3) is 0 Å². The van der Waals surface area contributed by atoms with Crippen molar-refractivity contribution in [3.05, 3.63) is 24.5 Å². The fraction of sp³-hybridized carbons (Fsp3) is 0.600. The molecule has 0 aromatic heterocycles. The van der Waals surface area contributed by atoms with Gasteiger partial charge < -0.3 is 4.74 Å². The van der Waals surface area contributed by atoms with Crippen molar-refractivity contribution < 1.29 is 4.74 Å². The Balaban J connectivity index is 2.15. The molecule has 1 rings (SSSR count). The molecule has 1 heterocycles. The normalized spacial score (nSPS) is 18.8. The van der Waals surface area contributed by atoms with Crippen molar-refractivity contribution in [1.29, 1.82) is 0 Å². The molecule has 0 radical (unpaired) electrons. The molecule has 0 spiro atoms. The summed E-state index contributed by atoms with van der Waals surface area (Å²) in [6, 6.07) is 0. The Kier molecular flexibility index (Phi) is 3.88. The van der Waals surface area contributed by atoms with Gasteiger partial charge in [-0.3, -0.25) is 4.90 Å². The minimum Gasteiger partial charge on any atom is -0.497 e. The molecular formula is C10H17NO. The summed E-state index contributed by atoms with van der Waals surface area (Å²) in [5.74, 6) is 0.731. The van der Waals surface area contributed by atoms with Crippen molar-refractivity contribution in [1.82, 2.24) is 4.90 Å². The number of likely N-dealkylation sites (tertiary alicyclic amines) is 1. The Morgan fingerprint density at radius 1 is 1.50 bits per heavy atom. The minimum absolute atomic E-state index is 0.731. The molecule has 12 heavy (non-hydrogen) atoms. The van der Waals surface area contributed by atoms with Crippen LogP contribution in [0.15, 0.2) is 24.5 Å². The fourth-order valence-electron chi connectivity index (χ4n) is 1.37. The quantitative estimate of drug-likeness (QED) is 0.467. The van der Waals surface area contributed by atoms with E-state index in [0.717, 1.165) is 12.3 Å². The Morgan fingerprint density at radius 2 is 2.17 bits per heavy atom. The zero-order valence-corrected chi connectivity index (χ0v) is 7.75.